The molecule has 2 fully saturated rings. The molecule has 2 aliphatic heterocycles. The molecule has 2 saturated heterocycles. The second-order valence-electron chi connectivity index (χ2n) is 10.1. The van der Waals surface area contributed by atoms with Gasteiger partial charge < -0.3 is 69.3 Å². The third-order valence-electron chi connectivity index (χ3n) is 7.23. The molecule has 0 aliphatic carbocycles. The van der Waals surface area contributed by atoms with Crippen LogP contribution >= 0.6 is 0 Å². The lowest BCUT2D eigenvalue weighted by Crippen LogP contribution is -2.61. The number of aliphatic hydroxyl groups is 6. The van der Waals surface area contributed by atoms with E-state index in [1.54, 1.807) is 0 Å². The van der Waals surface area contributed by atoms with Gasteiger partial charge in [0.2, 0.25) is 17.5 Å². The minimum Gasteiger partial charge on any atom is -0.504 e. The molecule has 0 amide bonds. The molecule has 0 radical (unpaired) electrons. The molecule has 1 aromatic heterocycles. The van der Waals surface area contributed by atoms with Crippen LogP contribution in [0.5, 0.6) is 23.0 Å². The van der Waals surface area contributed by atoms with E-state index in [0.717, 1.165) is 12.1 Å². The van der Waals surface area contributed by atoms with Crippen LogP contribution in [0.4, 0.5) is 0 Å². The number of hydrogen-bond acceptors (Lipinski definition) is 15. The molecule has 4 unspecified atom stereocenters. The van der Waals surface area contributed by atoms with Crippen LogP contribution in [0.2, 0.25) is 0 Å². The van der Waals surface area contributed by atoms with Gasteiger partial charge in [-0.25, -0.2) is 0 Å². The lowest BCUT2D eigenvalue weighted by atomic mass is 9.98. The number of aliphatic hydroxyl groups excluding tert-OH is 6. The van der Waals surface area contributed by atoms with E-state index < -0.39 is 90.7 Å². The molecule has 15 nitrogen and oxygen atoms in total. The molecule has 3 aromatic rings. The van der Waals surface area contributed by atoms with E-state index in [4.69, 9.17) is 23.4 Å². The zero-order valence-corrected chi connectivity index (χ0v) is 21.9. The van der Waals surface area contributed by atoms with Gasteiger partial charge in [0.1, 0.15) is 54.1 Å². The van der Waals surface area contributed by atoms with E-state index in [-0.39, 0.29) is 28.0 Å². The number of benzene rings is 2. The maximum absolute atomic E-state index is 12.8. The minimum atomic E-state index is -1.76. The monoisotopic (exact) mass is 594 g/mol. The van der Waals surface area contributed by atoms with Gasteiger partial charge in [-0.05, 0) is 37.3 Å². The average Bonchev–Trinajstić information content (AvgIpc) is 2.97. The van der Waals surface area contributed by atoms with Gasteiger partial charge in [0, 0.05) is 11.6 Å². The molecule has 9 N–H and O–H groups in total. The SMILES string of the molecule is CC1O[C@@H](OCC2O[C@@H](Oc3ccc4c(=O)c(O)c(-c5ccc(O)c(O)c5)oc4c3)C(O)[C@@H](O)[C@@H]2O)C(O)[C@@H](O)[C@H]1O. The van der Waals surface area contributed by atoms with Crippen molar-refractivity contribution in [1.29, 1.82) is 0 Å². The number of phenolic OH excluding ortho intramolecular Hbond substituents is 2. The normalized spacial score (nSPS) is 33.5. The predicted octanol–water partition coefficient (Wildman–Crippen LogP) is -1.39. The molecule has 0 spiro atoms. The molecule has 0 bridgehead atoms. The summed E-state index contributed by atoms with van der Waals surface area (Å²) in [7, 11) is 0. The van der Waals surface area contributed by atoms with Gasteiger partial charge in [-0.1, -0.05) is 0 Å². The van der Waals surface area contributed by atoms with Crippen molar-refractivity contribution in [3.8, 4) is 34.3 Å². The van der Waals surface area contributed by atoms with Gasteiger partial charge in [-0.15, -0.1) is 0 Å². The van der Waals surface area contributed by atoms with E-state index in [2.05, 4.69) is 0 Å². The molecular formula is C27H30O15. The Kier molecular flexibility index (Phi) is 8.30. The zero-order chi connectivity index (χ0) is 30.5. The Morgan fingerprint density at radius 2 is 1.45 bits per heavy atom. The number of phenols is 2. The van der Waals surface area contributed by atoms with Gasteiger partial charge in [-0.2, -0.15) is 0 Å². The number of aromatic hydroxyl groups is 3. The van der Waals surface area contributed by atoms with E-state index in [9.17, 15) is 50.8 Å². The Balaban J connectivity index is 1.35. The summed E-state index contributed by atoms with van der Waals surface area (Å²) < 4.78 is 27.8. The average molecular weight is 595 g/mol. The standard InChI is InChI=1S/C27H30O15/c1-9-17(30)20(33)23(36)26(39-9)38-8-16-19(32)21(34)24(37)27(42-16)40-11-3-4-12-15(7-11)41-25(22(35)18(12)31)10-2-5-13(28)14(29)6-10/h2-7,9,16-17,19-21,23-24,26-30,32-37H,8H2,1H3/t9?,16?,17-,19+,20-,21-,23?,24?,26+,27+/m0/s1. The van der Waals surface area contributed by atoms with Crippen molar-refractivity contribution in [1.82, 2.24) is 0 Å². The summed E-state index contributed by atoms with van der Waals surface area (Å²) in [6.07, 6.45) is -14.9. The highest BCUT2D eigenvalue weighted by Gasteiger charge is 2.47. The summed E-state index contributed by atoms with van der Waals surface area (Å²) in [5, 5.41) is 91.1. The van der Waals surface area contributed by atoms with Crippen LogP contribution in [0, 0.1) is 0 Å². The van der Waals surface area contributed by atoms with Gasteiger partial charge in [0.15, 0.2) is 23.5 Å². The molecule has 228 valence electrons. The molecule has 0 saturated carbocycles. The van der Waals surface area contributed by atoms with Crippen molar-refractivity contribution in [3.63, 3.8) is 0 Å². The highest BCUT2D eigenvalue weighted by molar-refractivity contribution is 5.83. The fourth-order valence-corrected chi connectivity index (χ4v) is 4.72. The molecule has 10 atom stereocenters. The van der Waals surface area contributed by atoms with E-state index >= 15 is 0 Å². The third kappa shape index (κ3) is 5.49. The van der Waals surface area contributed by atoms with E-state index in [1.807, 2.05) is 0 Å². The Morgan fingerprint density at radius 1 is 0.762 bits per heavy atom. The molecule has 5 rings (SSSR count). The fraction of sp³-hybridized carbons (Fsp3) is 0.444. The van der Waals surface area contributed by atoms with Gasteiger partial charge in [-0.3, -0.25) is 4.79 Å². The first-order valence-corrected chi connectivity index (χ1v) is 12.9. The predicted molar refractivity (Wildman–Crippen MR) is 139 cm³/mol. The van der Waals surface area contributed by atoms with E-state index in [1.165, 1.54) is 31.2 Å². The van der Waals surface area contributed by atoms with Gasteiger partial charge in [0.25, 0.3) is 0 Å². The van der Waals surface area contributed by atoms with Crippen LogP contribution in [-0.2, 0) is 14.2 Å². The highest BCUT2D eigenvalue weighted by Crippen LogP contribution is 2.36. The number of fused-ring (bicyclic) bond motifs is 1. The topological polar surface area (TPSA) is 249 Å². The van der Waals surface area contributed by atoms with Crippen LogP contribution in [0.25, 0.3) is 22.3 Å². The first-order valence-electron chi connectivity index (χ1n) is 12.9. The Hall–Kier alpha value is -3.51. The van der Waals surface area contributed by atoms with Crippen molar-refractivity contribution >= 4 is 11.0 Å². The molecular weight excluding hydrogens is 564 g/mol. The summed E-state index contributed by atoms with van der Waals surface area (Å²) in [4.78, 5) is 12.8. The largest absolute Gasteiger partial charge is 0.504 e. The molecule has 15 heteroatoms. The lowest BCUT2D eigenvalue weighted by molar-refractivity contribution is -0.318. The van der Waals surface area contributed by atoms with Crippen molar-refractivity contribution in [2.45, 2.75) is 68.3 Å². The smallest absolute Gasteiger partial charge is 0.235 e. The maximum atomic E-state index is 12.8. The first kappa shape index (κ1) is 30.0. The lowest BCUT2D eigenvalue weighted by Gasteiger charge is -2.42. The summed E-state index contributed by atoms with van der Waals surface area (Å²) >= 11 is 0. The quantitative estimate of drug-likeness (QED) is 0.149. The van der Waals surface area contributed by atoms with Crippen LogP contribution in [0.15, 0.2) is 45.6 Å². The van der Waals surface area contributed by atoms with Crippen LogP contribution < -0.4 is 10.2 Å². The van der Waals surface area contributed by atoms with Crippen molar-refractivity contribution in [2.24, 2.45) is 0 Å². The third-order valence-corrected chi connectivity index (χ3v) is 7.23. The Bertz CT molecular complexity index is 1490. The molecule has 2 aliphatic rings. The summed E-state index contributed by atoms with van der Waals surface area (Å²) in [5.74, 6) is -1.99. The van der Waals surface area contributed by atoms with Crippen molar-refractivity contribution in [2.75, 3.05) is 6.61 Å². The van der Waals surface area contributed by atoms with Crippen molar-refractivity contribution in [3.05, 3.63) is 46.6 Å². The summed E-state index contributed by atoms with van der Waals surface area (Å²) in [5.41, 5.74) is -0.779. The van der Waals surface area contributed by atoms with Crippen LogP contribution in [0.3, 0.4) is 0 Å². The van der Waals surface area contributed by atoms with E-state index in [0.29, 0.717) is 0 Å². The highest BCUT2D eigenvalue weighted by atomic mass is 16.7. The van der Waals surface area contributed by atoms with Crippen molar-refractivity contribution < 1.29 is 69.3 Å². The second kappa shape index (κ2) is 11.6. The first-order chi connectivity index (χ1) is 19.9. The van der Waals surface area contributed by atoms with Gasteiger partial charge >= 0.3 is 0 Å². The summed E-state index contributed by atoms with van der Waals surface area (Å²) in [6, 6.07) is 7.37. The molecule has 2 aromatic carbocycles. The molecule has 42 heavy (non-hydrogen) atoms. The van der Waals surface area contributed by atoms with Crippen LogP contribution in [0.1, 0.15) is 6.92 Å². The molecule has 3 heterocycles. The minimum absolute atomic E-state index is 0.0138. The summed E-state index contributed by atoms with van der Waals surface area (Å²) in [6.45, 7) is 0.966. The Morgan fingerprint density at radius 3 is 2.17 bits per heavy atom. The fourth-order valence-electron chi connectivity index (χ4n) is 4.72. The zero-order valence-electron chi connectivity index (χ0n) is 21.9. The van der Waals surface area contributed by atoms with Gasteiger partial charge in [0.05, 0.1) is 18.1 Å². The number of ether oxygens (including phenoxy) is 4. The maximum Gasteiger partial charge on any atom is 0.235 e. The number of hydrogen-bond donors (Lipinski definition) is 9. The number of rotatable bonds is 6. The van der Waals surface area contributed by atoms with Crippen LogP contribution in [-0.4, -0.2) is 114 Å². The Labute approximate surface area is 236 Å². The second-order valence-corrected chi connectivity index (χ2v) is 10.1.